The van der Waals surface area contributed by atoms with Crippen LogP contribution in [0.2, 0.25) is 0 Å². The zero-order chi connectivity index (χ0) is 41.0. The summed E-state index contributed by atoms with van der Waals surface area (Å²) in [7, 11) is 0. The first-order chi connectivity index (χ1) is 28.0. The van der Waals surface area contributed by atoms with Crippen molar-refractivity contribution < 1.29 is 48.5 Å². The number of phenolic OH excluding ortho intramolecular Hbond substituents is 2. The van der Waals surface area contributed by atoms with Crippen LogP contribution in [-0.2, 0) is 28.4 Å². The standard InChI is InChI=1S/C48H68O10/c1-6-13-40-30-45(58-48(54-40)35-16-10-20-41(26-35)52-32(5)31(3)4)27-38(51)19-11-21-43-29-44(57-47(56-43)34-15-9-18-37(50)25-34)23-12-22-42-28-39(7-2)53-46(55-42)33-14-8-17-36(49)24-33/h8-10,14-18,20,24-26,31-32,38-40,42-51H,6-7,11-13,19,21-23,27-30H2,1-5H3/t32-,38?,39?,40?,42?,43?,44?,45?,46?,47?,48?/m0/s1. The number of aliphatic hydroxyl groups is 1. The molecule has 0 aliphatic carbocycles. The van der Waals surface area contributed by atoms with E-state index in [0.29, 0.717) is 18.8 Å². The van der Waals surface area contributed by atoms with Crippen molar-refractivity contribution in [3.8, 4) is 17.2 Å². The highest BCUT2D eigenvalue weighted by molar-refractivity contribution is 5.30. The molecule has 10 heteroatoms. The van der Waals surface area contributed by atoms with Gasteiger partial charge in [-0.15, -0.1) is 0 Å². The van der Waals surface area contributed by atoms with Gasteiger partial charge >= 0.3 is 0 Å². The molecule has 3 aromatic carbocycles. The molecule has 0 saturated carbocycles. The summed E-state index contributed by atoms with van der Waals surface area (Å²) in [5, 5.41) is 31.6. The molecule has 0 amide bonds. The number of aliphatic hydroxyl groups excluding tert-OH is 1. The van der Waals surface area contributed by atoms with Gasteiger partial charge in [-0.2, -0.15) is 0 Å². The molecule has 3 aromatic rings. The van der Waals surface area contributed by atoms with Crippen molar-refractivity contribution in [3.05, 3.63) is 89.5 Å². The Bertz CT molecular complexity index is 1670. The quantitative estimate of drug-likeness (QED) is 0.108. The molecule has 3 fully saturated rings. The Balaban J connectivity index is 1.02. The van der Waals surface area contributed by atoms with E-state index in [1.807, 2.05) is 48.5 Å². The third-order valence-electron chi connectivity index (χ3n) is 11.9. The van der Waals surface area contributed by atoms with Crippen LogP contribution in [0.5, 0.6) is 17.2 Å². The van der Waals surface area contributed by atoms with Gasteiger partial charge in [0.15, 0.2) is 18.9 Å². The van der Waals surface area contributed by atoms with Gasteiger partial charge in [-0.05, 0) is 107 Å². The summed E-state index contributed by atoms with van der Waals surface area (Å²) >= 11 is 0. The lowest BCUT2D eigenvalue weighted by molar-refractivity contribution is -0.255. The van der Waals surface area contributed by atoms with E-state index >= 15 is 0 Å². The molecule has 0 aromatic heterocycles. The Hall–Kier alpha value is -3.22. The third-order valence-corrected chi connectivity index (χ3v) is 11.9. The summed E-state index contributed by atoms with van der Waals surface area (Å²) < 4.78 is 44.8. The second kappa shape index (κ2) is 21.9. The van der Waals surface area contributed by atoms with Crippen molar-refractivity contribution in [1.29, 1.82) is 0 Å². The van der Waals surface area contributed by atoms with Crippen LogP contribution in [0.1, 0.15) is 154 Å². The molecule has 10 nitrogen and oxygen atoms in total. The normalized spacial score (nSPS) is 28.9. The molecule has 11 atom stereocenters. The van der Waals surface area contributed by atoms with Gasteiger partial charge in [0.25, 0.3) is 0 Å². The number of aromatic hydroxyl groups is 2. The number of rotatable bonds is 19. The monoisotopic (exact) mass is 804 g/mol. The van der Waals surface area contributed by atoms with Crippen molar-refractivity contribution in [1.82, 2.24) is 0 Å². The Morgan fingerprint density at radius 3 is 1.59 bits per heavy atom. The number of hydrogen-bond donors (Lipinski definition) is 3. The lowest BCUT2D eigenvalue weighted by Gasteiger charge is -2.38. The summed E-state index contributed by atoms with van der Waals surface area (Å²) in [6.45, 7) is 10.7. The molecule has 3 aliphatic heterocycles. The molecule has 3 aliphatic rings. The Labute approximate surface area is 346 Å². The predicted molar refractivity (Wildman–Crippen MR) is 222 cm³/mol. The first-order valence-corrected chi connectivity index (χ1v) is 22.0. The number of ether oxygens (including phenoxy) is 7. The van der Waals surface area contributed by atoms with E-state index in [2.05, 4.69) is 34.6 Å². The minimum absolute atomic E-state index is 0.0275. The maximum atomic E-state index is 11.3. The molecule has 0 spiro atoms. The molecule has 10 unspecified atom stereocenters. The lowest BCUT2D eigenvalue weighted by Crippen LogP contribution is -2.36. The fourth-order valence-corrected chi connectivity index (χ4v) is 8.31. The maximum absolute atomic E-state index is 11.3. The topological polar surface area (TPSA) is 125 Å². The number of phenols is 2. The largest absolute Gasteiger partial charge is 0.508 e. The highest BCUT2D eigenvalue weighted by Gasteiger charge is 2.35. The first kappa shape index (κ1) is 44.3. The maximum Gasteiger partial charge on any atom is 0.184 e. The van der Waals surface area contributed by atoms with E-state index in [4.69, 9.17) is 33.2 Å². The minimum atomic E-state index is -0.583. The molecule has 0 radical (unpaired) electrons. The van der Waals surface area contributed by atoms with Crippen molar-refractivity contribution in [2.45, 2.75) is 186 Å². The van der Waals surface area contributed by atoms with Gasteiger partial charge in [0.1, 0.15) is 17.2 Å². The third kappa shape index (κ3) is 13.1. The van der Waals surface area contributed by atoms with Crippen molar-refractivity contribution in [2.75, 3.05) is 0 Å². The van der Waals surface area contributed by atoms with Crippen LogP contribution in [-0.4, -0.2) is 64.2 Å². The summed E-state index contributed by atoms with van der Waals surface area (Å²) in [5.41, 5.74) is 2.55. The van der Waals surface area contributed by atoms with Crippen LogP contribution in [0.15, 0.2) is 72.8 Å². The highest BCUT2D eigenvalue weighted by atomic mass is 16.7. The van der Waals surface area contributed by atoms with Crippen LogP contribution < -0.4 is 4.74 Å². The zero-order valence-corrected chi connectivity index (χ0v) is 35.2. The molecule has 3 N–H and O–H groups in total. The Morgan fingerprint density at radius 2 is 1.05 bits per heavy atom. The van der Waals surface area contributed by atoms with Gasteiger partial charge in [0.2, 0.25) is 0 Å². The van der Waals surface area contributed by atoms with Crippen molar-refractivity contribution in [3.63, 3.8) is 0 Å². The smallest absolute Gasteiger partial charge is 0.184 e. The predicted octanol–water partition coefficient (Wildman–Crippen LogP) is 10.7. The molecule has 0 bridgehead atoms. The first-order valence-electron chi connectivity index (χ1n) is 22.0. The molecule has 3 saturated heterocycles. The highest BCUT2D eigenvalue weighted by Crippen LogP contribution is 2.39. The van der Waals surface area contributed by atoms with E-state index in [-0.39, 0.29) is 54.2 Å². The van der Waals surface area contributed by atoms with Crippen molar-refractivity contribution >= 4 is 0 Å². The van der Waals surface area contributed by atoms with E-state index < -0.39 is 25.0 Å². The summed E-state index contributed by atoms with van der Waals surface area (Å²) in [6, 6.07) is 22.2. The second-order valence-electron chi connectivity index (χ2n) is 17.0. The van der Waals surface area contributed by atoms with Gasteiger partial charge in [-0.3, -0.25) is 0 Å². The molecular formula is C48H68O10. The van der Waals surface area contributed by atoms with Gasteiger partial charge in [-0.1, -0.05) is 70.5 Å². The summed E-state index contributed by atoms with van der Waals surface area (Å²) in [6.07, 6.45) is 8.57. The fraction of sp³-hybridized carbons (Fsp3) is 0.625. The van der Waals surface area contributed by atoms with Crippen LogP contribution in [0.4, 0.5) is 0 Å². The summed E-state index contributed by atoms with van der Waals surface area (Å²) in [4.78, 5) is 0. The van der Waals surface area contributed by atoms with Gasteiger partial charge in [0.05, 0.1) is 48.8 Å². The van der Waals surface area contributed by atoms with Crippen LogP contribution in [0, 0.1) is 5.92 Å². The lowest BCUT2D eigenvalue weighted by atomic mass is 9.95. The molecule has 58 heavy (non-hydrogen) atoms. The summed E-state index contributed by atoms with van der Waals surface area (Å²) in [5.74, 6) is 1.58. The number of hydrogen-bond acceptors (Lipinski definition) is 10. The average molecular weight is 805 g/mol. The van der Waals surface area contributed by atoms with Gasteiger partial charge in [-0.25, -0.2) is 0 Å². The fourth-order valence-electron chi connectivity index (χ4n) is 8.31. The molecular weight excluding hydrogens is 737 g/mol. The second-order valence-corrected chi connectivity index (χ2v) is 17.0. The average Bonchev–Trinajstić information content (AvgIpc) is 3.21. The van der Waals surface area contributed by atoms with Crippen LogP contribution in [0.3, 0.4) is 0 Å². The van der Waals surface area contributed by atoms with Gasteiger partial charge in [0, 0.05) is 36.0 Å². The van der Waals surface area contributed by atoms with Gasteiger partial charge < -0.3 is 48.5 Å². The molecule has 320 valence electrons. The van der Waals surface area contributed by atoms with E-state index in [1.54, 1.807) is 24.3 Å². The van der Waals surface area contributed by atoms with E-state index in [1.165, 1.54) is 0 Å². The number of benzene rings is 3. The van der Waals surface area contributed by atoms with Crippen LogP contribution >= 0.6 is 0 Å². The van der Waals surface area contributed by atoms with E-state index in [9.17, 15) is 15.3 Å². The van der Waals surface area contributed by atoms with E-state index in [0.717, 1.165) is 93.1 Å². The zero-order valence-electron chi connectivity index (χ0n) is 35.2. The molecule has 3 heterocycles. The minimum Gasteiger partial charge on any atom is -0.508 e. The molecule has 6 rings (SSSR count). The van der Waals surface area contributed by atoms with Crippen LogP contribution in [0.25, 0.3) is 0 Å². The Kier molecular flexibility index (Phi) is 16.7. The SMILES string of the molecule is CCCC1CC(CC(O)CCCC2CC(CCCC3CC(CC)OC(c4cccc(O)c4)O3)OC(c3cccc(O)c3)O2)OC(c2cccc(O[C@@H](C)C(C)C)c2)O1. The van der Waals surface area contributed by atoms with Crippen molar-refractivity contribution in [2.24, 2.45) is 5.92 Å². The Morgan fingerprint density at radius 1 is 0.586 bits per heavy atom.